The van der Waals surface area contributed by atoms with Crippen LogP contribution in [-0.4, -0.2) is 137 Å². The van der Waals surface area contributed by atoms with Gasteiger partial charge in [-0.1, -0.05) is 58.5 Å². The first kappa shape index (κ1) is 50.6. The van der Waals surface area contributed by atoms with E-state index in [1.54, 1.807) is 35.3 Å². The minimum absolute atomic E-state index is 0.0964. The van der Waals surface area contributed by atoms with Crippen LogP contribution in [0.2, 0.25) is 20.1 Å². The maximum absolute atomic E-state index is 10.4. The Kier molecular flexibility index (Phi) is 15.1. The smallest absolute Gasteiger partial charge is 0.190 e. The van der Waals surface area contributed by atoms with Gasteiger partial charge in [-0.25, -0.2) is 29.3 Å². The van der Waals surface area contributed by atoms with Gasteiger partial charge in [0.1, 0.15) is 34.8 Å². The molecule has 4 fully saturated rings. The number of likely N-dealkylation sites (tertiary alicyclic amines) is 2. The summed E-state index contributed by atoms with van der Waals surface area (Å²) in [5, 5.41) is 51.8. The molecule has 2 N–H and O–H groups in total. The molecule has 7 atom stereocenters. The van der Waals surface area contributed by atoms with Crippen molar-refractivity contribution in [2.24, 2.45) is 29.6 Å². The molecule has 2 aromatic carbocycles. The van der Waals surface area contributed by atoms with Crippen molar-refractivity contribution in [3.05, 3.63) is 91.4 Å². The van der Waals surface area contributed by atoms with E-state index in [0.29, 0.717) is 90.8 Å². The van der Waals surface area contributed by atoms with Crippen LogP contribution in [0.1, 0.15) is 93.9 Å². The molecule has 0 aliphatic carbocycles. The van der Waals surface area contributed by atoms with Gasteiger partial charge in [-0.2, -0.15) is 20.7 Å². The molecule has 8 heterocycles. The van der Waals surface area contributed by atoms with Crippen LogP contribution in [0.4, 0.5) is 11.6 Å². The predicted molar refractivity (Wildman–Crippen MR) is 281 cm³/mol. The third-order valence-electron chi connectivity index (χ3n) is 16.2. The molecule has 72 heavy (non-hydrogen) atoms. The average molecular weight is 1050 g/mol. The Labute approximate surface area is 440 Å². The predicted octanol–water partition coefficient (Wildman–Crippen LogP) is 8.68. The summed E-state index contributed by atoms with van der Waals surface area (Å²) in [6.45, 7) is 13.8. The van der Waals surface area contributed by atoms with Crippen molar-refractivity contribution in [2.45, 2.75) is 83.5 Å². The lowest BCUT2D eigenvalue weighted by molar-refractivity contribution is 0.0405. The maximum Gasteiger partial charge on any atom is 0.190 e. The van der Waals surface area contributed by atoms with Gasteiger partial charge < -0.3 is 29.8 Å². The first-order chi connectivity index (χ1) is 34.8. The molecule has 0 amide bonds. The van der Waals surface area contributed by atoms with E-state index in [1.165, 1.54) is 12.8 Å². The summed E-state index contributed by atoms with van der Waals surface area (Å²) in [7, 11) is 0. The Bertz CT molecular complexity index is 3020. The quantitative estimate of drug-likeness (QED) is 0.0937. The van der Waals surface area contributed by atoms with Crippen LogP contribution in [-0.2, 0) is 0 Å². The van der Waals surface area contributed by atoms with Crippen LogP contribution < -0.4 is 9.80 Å². The van der Waals surface area contributed by atoms with Crippen molar-refractivity contribution in [3.8, 4) is 12.1 Å². The number of nitriles is 2. The molecule has 16 nitrogen and oxygen atoms in total. The Morgan fingerprint density at radius 2 is 1.18 bits per heavy atom. The second-order valence-corrected chi connectivity index (χ2v) is 22.3. The molecule has 4 aliphatic heterocycles. The number of nitrogens with zero attached hydrogens (tertiary/aromatic N) is 14. The van der Waals surface area contributed by atoms with Crippen molar-refractivity contribution in [3.63, 3.8) is 0 Å². The van der Waals surface area contributed by atoms with Crippen molar-refractivity contribution in [2.75, 3.05) is 75.4 Å². The summed E-state index contributed by atoms with van der Waals surface area (Å²) in [5.74, 6) is 3.46. The SMILES string of the molecule is C[C@H](CCO)N1CC(C[C@H](c2ccc(Cl)cc2Cl)n2nc(C#N)c3ncc(N4CC([C@@H]5CCCN([C@@H](C)CCO)C5)C4)nc32)C[C@@H](C2CN(c3cnc4c(C#N)nn([C@H](C)c5ccc(Cl)cc5Cl)c4n3)C2)C1. The monoisotopic (exact) mass is 1050 g/mol. The van der Waals surface area contributed by atoms with Gasteiger partial charge in [0.25, 0.3) is 0 Å². The molecule has 4 saturated heterocycles. The fraction of sp³-hybridized carbons (Fsp3) is 0.538. The lowest BCUT2D eigenvalue weighted by Gasteiger charge is -2.50. The van der Waals surface area contributed by atoms with E-state index in [9.17, 15) is 20.7 Å². The van der Waals surface area contributed by atoms with Crippen LogP contribution in [0.15, 0.2) is 48.8 Å². The highest BCUT2D eigenvalue weighted by molar-refractivity contribution is 6.35. The fourth-order valence-electron chi connectivity index (χ4n) is 11.9. The molecule has 0 saturated carbocycles. The van der Waals surface area contributed by atoms with Crippen LogP contribution in [0.3, 0.4) is 0 Å². The summed E-state index contributed by atoms with van der Waals surface area (Å²) in [6, 6.07) is 15.2. The molecule has 0 radical (unpaired) electrons. The second-order valence-electron chi connectivity index (χ2n) is 20.6. The van der Waals surface area contributed by atoms with Crippen LogP contribution in [0.5, 0.6) is 0 Å². The number of aromatic nitrogens is 8. The highest BCUT2D eigenvalue weighted by Gasteiger charge is 2.42. The maximum atomic E-state index is 10.4. The van der Waals surface area contributed by atoms with Crippen LogP contribution in [0, 0.1) is 52.3 Å². The number of hydrogen-bond acceptors (Lipinski definition) is 14. The molecule has 4 aliphatic rings. The lowest BCUT2D eigenvalue weighted by atomic mass is 9.75. The van der Waals surface area contributed by atoms with E-state index in [4.69, 9.17) is 71.4 Å². The Hall–Kier alpha value is -4.88. The van der Waals surface area contributed by atoms with Gasteiger partial charge in [-0.05, 0) is 131 Å². The number of rotatable bonds is 16. The zero-order valence-electron chi connectivity index (χ0n) is 40.8. The highest BCUT2D eigenvalue weighted by Crippen LogP contribution is 2.43. The molecule has 0 spiro atoms. The van der Waals surface area contributed by atoms with Crippen LogP contribution in [0.25, 0.3) is 22.3 Å². The summed E-state index contributed by atoms with van der Waals surface area (Å²) in [4.78, 5) is 29.5. The number of piperidine rings is 2. The van der Waals surface area contributed by atoms with Crippen molar-refractivity contribution in [1.82, 2.24) is 49.3 Å². The largest absolute Gasteiger partial charge is 0.396 e. The zero-order chi connectivity index (χ0) is 50.4. The number of halogens is 4. The normalized spacial score (nSPS) is 22.1. The summed E-state index contributed by atoms with van der Waals surface area (Å²) < 4.78 is 3.60. The van der Waals surface area contributed by atoms with E-state index in [-0.39, 0.29) is 42.6 Å². The zero-order valence-corrected chi connectivity index (χ0v) is 43.8. The number of hydrogen-bond donors (Lipinski definition) is 2. The van der Waals surface area contributed by atoms with E-state index in [1.807, 2.05) is 29.8 Å². The van der Waals surface area contributed by atoms with Crippen LogP contribution >= 0.6 is 46.4 Å². The first-order valence-electron chi connectivity index (χ1n) is 25.2. The average Bonchev–Trinajstić information content (AvgIpc) is 3.90. The first-order valence-corrected chi connectivity index (χ1v) is 26.8. The summed E-state index contributed by atoms with van der Waals surface area (Å²) >= 11 is 26.5. The molecule has 378 valence electrons. The molecule has 20 heteroatoms. The molecular weight excluding hydrogens is 994 g/mol. The van der Waals surface area contributed by atoms with E-state index >= 15 is 0 Å². The minimum Gasteiger partial charge on any atom is -0.396 e. The van der Waals surface area contributed by atoms with E-state index in [0.717, 1.165) is 82.1 Å². The molecule has 6 aromatic rings. The molecule has 4 aromatic heterocycles. The summed E-state index contributed by atoms with van der Waals surface area (Å²) in [6.07, 6.45) is 8.93. The third kappa shape index (κ3) is 10.1. The fourth-order valence-corrected chi connectivity index (χ4v) is 13.0. The van der Waals surface area contributed by atoms with Gasteiger partial charge in [0.05, 0.1) is 24.5 Å². The number of aliphatic hydroxyl groups excluding tert-OH is 2. The van der Waals surface area contributed by atoms with Gasteiger partial charge in [-0.3, -0.25) is 0 Å². The summed E-state index contributed by atoms with van der Waals surface area (Å²) in [5.41, 5.74) is 4.00. The van der Waals surface area contributed by atoms with E-state index < -0.39 is 6.04 Å². The Morgan fingerprint density at radius 1 is 0.653 bits per heavy atom. The number of anilines is 2. The molecule has 10 rings (SSSR count). The number of benzene rings is 2. The van der Waals surface area contributed by atoms with Gasteiger partial charge in [0.2, 0.25) is 0 Å². The van der Waals surface area contributed by atoms with Crippen molar-refractivity contribution in [1.29, 1.82) is 10.5 Å². The topological polar surface area (TPSA) is 188 Å². The minimum atomic E-state index is -0.394. The third-order valence-corrected chi connectivity index (χ3v) is 17.3. The highest BCUT2D eigenvalue weighted by atomic mass is 35.5. The van der Waals surface area contributed by atoms with Crippen molar-refractivity contribution < 1.29 is 10.2 Å². The van der Waals surface area contributed by atoms with Gasteiger partial charge in [-0.15, -0.1) is 0 Å². The molecule has 0 bridgehead atoms. The van der Waals surface area contributed by atoms with Gasteiger partial charge >= 0.3 is 0 Å². The van der Waals surface area contributed by atoms with Gasteiger partial charge in [0, 0.05) is 91.2 Å². The van der Waals surface area contributed by atoms with Crippen molar-refractivity contribution >= 4 is 80.4 Å². The lowest BCUT2D eigenvalue weighted by Crippen LogP contribution is -2.56. The molecule has 1 unspecified atom stereocenters. The van der Waals surface area contributed by atoms with Gasteiger partial charge in [0.15, 0.2) is 22.7 Å². The standard InChI is InChI=1S/C52H60Cl4N14O2/c1-30(10-13-71)65-12-4-5-34(24-65)36-26-67(27-36)48-22-60-50-45(20-58)64-70(52(50)62-48)46(41-9-7-39(54)18-43(41)56)16-33-15-35(25-66(23-33)31(2)11-14-72)37-28-68(29-37)47-21-59-49-44(19-57)63-69(51(49)61-47)32(3)40-8-6-38(53)17-42(40)55/h6-9,17-18,21-22,30-37,46,71-72H,4-5,10-16,23-29H2,1-3H3/t30-,31+,32+,33?,34+,35+,46+/m0/s1. The van der Waals surface area contributed by atoms with E-state index in [2.05, 4.69) is 50.7 Å². The molecular formula is C52H60Cl4N14O2. The number of aliphatic hydroxyl groups is 2. The second kappa shape index (κ2) is 21.5. The Morgan fingerprint density at radius 3 is 1.75 bits per heavy atom. The Balaban J connectivity index is 0.906. The number of fused-ring (bicyclic) bond motifs is 2.